The molecular weight excluding hydrogens is 414 g/mol. The number of carbonyl (C=O) groups excluding carboxylic acids is 1. The molecule has 2 heterocycles. The normalized spacial score (nSPS) is 16.2. The zero-order valence-electron chi connectivity index (χ0n) is 11.4. The van der Waals surface area contributed by atoms with Crippen molar-refractivity contribution in [2.75, 3.05) is 13.1 Å². The van der Waals surface area contributed by atoms with Gasteiger partial charge in [0.15, 0.2) is 0 Å². The zero-order chi connectivity index (χ0) is 14.8. The van der Waals surface area contributed by atoms with Gasteiger partial charge in [-0.1, -0.05) is 30.3 Å². The van der Waals surface area contributed by atoms with Crippen molar-refractivity contribution in [2.45, 2.75) is 18.8 Å². The first-order valence-electron chi connectivity index (χ1n) is 6.94. The molecule has 0 atom stereocenters. The molecule has 0 radical (unpaired) electrons. The molecule has 0 bridgehead atoms. The standard InChI is InChI=1S/C16H15Br2NOS/c17-13-10-14(21-15(13)18)16(20)19-8-6-12(7-9-19)11-4-2-1-3-5-11/h1-5,10,12H,6-9H2. The minimum absolute atomic E-state index is 0.151. The van der Waals surface area contributed by atoms with Crippen LogP contribution in [0.4, 0.5) is 0 Å². The van der Waals surface area contributed by atoms with Crippen molar-refractivity contribution in [3.8, 4) is 0 Å². The van der Waals surface area contributed by atoms with Gasteiger partial charge in [-0.15, -0.1) is 11.3 Å². The van der Waals surface area contributed by atoms with Gasteiger partial charge in [-0.05, 0) is 62.2 Å². The number of carbonyl (C=O) groups is 1. The summed E-state index contributed by atoms with van der Waals surface area (Å²) in [6.45, 7) is 1.68. The number of amides is 1. The number of nitrogens with zero attached hydrogens (tertiary/aromatic N) is 1. The van der Waals surface area contributed by atoms with Crippen LogP contribution in [0.1, 0.15) is 34.0 Å². The summed E-state index contributed by atoms with van der Waals surface area (Å²) in [5.74, 6) is 0.731. The fourth-order valence-electron chi connectivity index (χ4n) is 2.75. The van der Waals surface area contributed by atoms with Crippen LogP contribution in [0.15, 0.2) is 44.7 Å². The maximum absolute atomic E-state index is 12.5. The van der Waals surface area contributed by atoms with Gasteiger partial charge < -0.3 is 4.90 Å². The topological polar surface area (TPSA) is 20.3 Å². The van der Waals surface area contributed by atoms with Crippen molar-refractivity contribution in [3.63, 3.8) is 0 Å². The minimum Gasteiger partial charge on any atom is -0.338 e. The number of thiophene rings is 1. The molecule has 0 spiro atoms. The Hall–Kier alpha value is -0.650. The van der Waals surface area contributed by atoms with E-state index in [2.05, 4.69) is 62.2 Å². The molecule has 1 amide bonds. The van der Waals surface area contributed by atoms with Crippen molar-refractivity contribution in [1.82, 2.24) is 4.90 Å². The van der Waals surface area contributed by atoms with E-state index in [-0.39, 0.29) is 5.91 Å². The number of piperidine rings is 1. The Morgan fingerprint density at radius 3 is 2.38 bits per heavy atom. The van der Waals surface area contributed by atoms with Gasteiger partial charge in [-0.25, -0.2) is 0 Å². The second kappa shape index (κ2) is 6.63. The third kappa shape index (κ3) is 3.41. The molecule has 1 saturated heterocycles. The molecule has 1 aliphatic rings. The Morgan fingerprint density at radius 1 is 1.14 bits per heavy atom. The van der Waals surface area contributed by atoms with E-state index >= 15 is 0 Å². The maximum Gasteiger partial charge on any atom is 0.264 e. The molecule has 110 valence electrons. The van der Waals surface area contributed by atoms with Crippen LogP contribution >= 0.6 is 43.2 Å². The van der Waals surface area contributed by atoms with Crippen LogP contribution in [0.25, 0.3) is 0 Å². The molecule has 1 aromatic carbocycles. The number of hydrogen-bond donors (Lipinski definition) is 0. The van der Waals surface area contributed by atoms with Crippen molar-refractivity contribution < 1.29 is 4.79 Å². The van der Waals surface area contributed by atoms with Gasteiger partial charge in [0.25, 0.3) is 5.91 Å². The molecule has 0 saturated carbocycles. The molecule has 0 unspecified atom stereocenters. The minimum atomic E-state index is 0.151. The predicted octanol–water partition coefficient (Wildman–Crippen LogP) is 5.29. The monoisotopic (exact) mass is 427 g/mol. The van der Waals surface area contributed by atoms with Crippen LogP contribution in [0.3, 0.4) is 0 Å². The first-order valence-corrected chi connectivity index (χ1v) is 9.34. The summed E-state index contributed by atoms with van der Waals surface area (Å²) >= 11 is 8.38. The van der Waals surface area contributed by atoms with E-state index in [1.54, 1.807) is 0 Å². The summed E-state index contributed by atoms with van der Waals surface area (Å²) in [5.41, 5.74) is 1.39. The van der Waals surface area contributed by atoms with Crippen LogP contribution in [0.2, 0.25) is 0 Å². The zero-order valence-corrected chi connectivity index (χ0v) is 15.4. The van der Waals surface area contributed by atoms with Crippen LogP contribution < -0.4 is 0 Å². The van der Waals surface area contributed by atoms with E-state index in [0.717, 1.165) is 39.1 Å². The summed E-state index contributed by atoms with van der Waals surface area (Å²) in [4.78, 5) is 15.3. The lowest BCUT2D eigenvalue weighted by Crippen LogP contribution is -2.37. The maximum atomic E-state index is 12.5. The van der Waals surface area contributed by atoms with Crippen LogP contribution in [0.5, 0.6) is 0 Å². The van der Waals surface area contributed by atoms with E-state index in [1.165, 1.54) is 16.9 Å². The molecule has 1 aromatic heterocycles. The SMILES string of the molecule is O=C(c1cc(Br)c(Br)s1)N1CCC(c2ccccc2)CC1. The second-order valence-corrected chi connectivity index (χ2v) is 8.43. The Labute approximate surface area is 145 Å². The number of benzene rings is 1. The second-order valence-electron chi connectivity index (χ2n) is 5.21. The molecule has 0 N–H and O–H groups in total. The summed E-state index contributed by atoms with van der Waals surface area (Å²) in [7, 11) is 0. The van der Waals surface area contributed by atoms with Gasteiger partial charge in [0, 0.05) is 17.6 Å². The van der Waals surface area contributed by atoms with E-state index < -0.39 is 0 Å². The summed E-state index contributed by atoms with van der Waals surface area (Å²) in [6, 6.07) is 12.5. The van der Waals surface area contributed by atoms with Gasteiger partial charge in [-0.2, -0.15) is 0 Å². The number of likely N-dealkylation sites (tertiary alicyclic amines) is 1. The van der Waals surface area contributed by atoms with E-state index in [4.69, 9.17) is 0 Å². The largest absolute Gasteiger partial charge is 0.338 e. The average molecular weight is 429 g/mol. The fourth-order valence-corrected chi connectivity index (χ4v) is 4.75. The highest BCUT2D eigenvalue weighted by atomic mass is 79.9. The number of hydrogen-bond acceptors (Lipinski definition) is 2. The van der Waals surface area contributed by atoms with E-state index in [9.17, 15) is 4.79 Å². The van der Waals surface area contributed by atoms with Crippen molar-refractivity contribution in [1.29, 1.82) is 0 Å². The Bertz CT molecular complexity index is 613. The Kier molecular flexibility index (Phi) is 4.82. The van der Waals surface area contributed by atoms with Gasteiger partial charge in [-0.3, -0.25) is 4.79 Å². The van der Waals surface area contributed by atoms with Gasteiger partial charge in [0.05, 0.1) is 8.66 Å². The third-order valence-electron chi connectivity index (χ3n) is 3.91. The molecular formula is C16H15Br2NOS. The summed E-state index contributed by atoms with van der Waals surface area (Å²) in [6.07, 6.45) is 2.09. The highest BCUT2D eigenvalue weighted by molar-refractivity contribution is 9.13. The molecule has 2 aromatic rings. The molecule has 0 aliphatic carbocycles. The summed E-state index contributed by atoms with van der Waals surface area (Å²) in [5, 5.41) is 0. The third-order valence-corrected chi connectivity index (χ3v) is 7.15. The lowest BCUT2D eigenvalue weighted by Gasteiger charge is -2.32. The first-order chi connectivity index (χ1) is 10.1. The van der Waals surface area contributed by atoms with E-state index in [0.29, 0.717) is 5.92 Å². The van der Waals surface area contributed by atoms with Crippen molar-refractivity contribution >= 4 is 49.1 Å². The molecule has 1 fully saturated rings. The molecule has 2 nitrogen and oxygen atoms in total. The van der Waals surface area contributed by atoms with Crippen LogP contribution in [0, 0.1) is 0 Å². The molecule has 5 heteroatoms. The van der Waals surface area contributed by atoms with Gasteiger partial charge in [0.2, 0.25) is 0 Å². The quantitative estimate of drug-likeness (QED) is 0.635. The lowest BCUT2D eigenvalue weighted by atomic mass is 9.89. The van der Waals surface area contributed by atoms with Crippen molar-refractivity contribution in [3.05, 3.63) is 55.1 Å². The van der Waals surface area contributed by atoms with Gasteiger partial charge >= 0.3 is 0 Å². The van der Waals surface area contributed by atoms with E-state index in [1.807, 2.05) is 11.0 Å². The first kappa shape index (κ1) is 15.3. The Balaban J connectivity index is 1.64. The molecule has 1 aliphatic heterocycles. The molecule has 21 heavy (non-hydrogen) atoms. The predicted molar refractivity (Wildman–Crippen MR) is 94.0 cm³/mol. The summed E-state index contributed by atoms with van der Waals surface area (Å²) < 4.78 is 1.93. The van der Waals surface area contributed by atoms with Crippen molar-refractivity contribution in [2.24, 2.45) is 0 Å². The average Bonchev–Trinajstić information content (AvgIpc) is 2.87. The van der Waals surface area contributed by atoms with Gasteiger partial charge in [0.1, 0.15) is 0 Å². The lowest BCUT2D eigenvalue weighted by molar-refractivity contribution is 0.0718. The Morgan fingerprint density at radius 2 is 1.81 bits per heavy atom. The highest BCUT2D eigenvalue weighted by Crippen LogP contribution is 2.34. The highest BCUT2D eigenvalue weighted by Gasteiger charge is 2.25. The smallest absolute Gasteiger partial charge is 0.264 e. The number of halogens is 2. The van der Waals surface area contributed by atoms with Crippen LogP contribution in [-0.4, -0.2) is 23.9 Å². The molecule has 3 rings (SSSR count). The fraction of sp³-hybridized carbons (Fsp3) is 0.312. The number of rotatable bonds is 2. The van der Waals surface area contributed by atoms with Crippen LogP contribution in [-0.2, 0) is 0 Å².